The molecule has 2 rings (SSSR count). The maximum Gasteiger partial charge on any atom is 0.227 e. The number of hydrogen-bond donors (Lipinski definition) is 6. The minimum Gasteiger partial charge on any atom is -0.448 e. The van der Waals surface area contributed by atoms with Crippen molar-refractivity contribution < 1.29 is 4.42 Å². The summed E-state index contributed by atoms with van der Waals surface area (Å²) in [6.45, 7) is 0.428. The van der Waals surface area contributed by atoms with E-state index < -0.39 is 0 Å². The molecule has 12 nitrogen and oxygen atoms in total. The van der Waals surface area contributed by atoms with Crippen LogP contribution in [0.5, 0.6) is 0 Å². The van der Waals surface area contributed by atoms with Crippen LogP contribution in [-0.2, 0) is 6.54 Å². The van der Waals surface area contributed by atoms with Gasteiger partial charge in [0.15, 0.2) is 17.8 Å². The number of anilines is 1. The Morgan fingerprint density at radius 1 is 1.26 bits per heavy atom. The van der Waals surface area contributed by atoms with Gasteiger partial charge in [-0.15, -0.1) is 0 Å². The van der Waals surface area contributed by atoms with Crippen molar-refractivity contribution >= 4 is 35.5 Å². The molecule has 0 bridgehead atoms. The monoisotopic (exact) mass is 373 g/mol. The Kier molecular flexibility index (Phi) is 6.41. The third-order valence-electron chi connectivity index (χ3n) is 3.19. The van der Waals surface area contributed by atoms with Gasteiger partial charge in [-0.2, -0.15) is 15.0 Å². The first-order valence-corrected chi connectivity index (χ1v) is 7.81. The summed E-state index contributed by atoms with van der Waals surface area (Å²) < 4.78 is 5.41. The molecule has 0 aromatic carbocycles. The second kappa shape index (κ2) is 8.94. The zero-order valence-electron chi connectivity index (χ0n) is 15.0. The fourth-order valence-electron chi connectivity index (χ4n) is 1.99. The number of guanidine groups is 4. The van der Waals surface area contributed by atoms with Crippen molar-refractivity contribution in [3.8, 4) is 0 Å². The Hall–Kier alpha value is -3.96. The van der Waals surface area contributed by atoms with Gasteiger partial charge in [0.2, 0.25) is 11.9 Å². The van der Waals surface area contributed by atoms with Gasteiger partial charge in [-0.3, -0.25) is 10.3 Å². The van der Waals surface area contributed by atoms with Gasteiger partial charge in [0, 0.05) is 38.5 Å². The zero-order valence-corrected chi connectivity index (χ0v) is 15.0. The van der Waals surface area contributed by atoms with Crippen LogP contribution in [0.4, 0.5) is 11.7 Å². The van der Waals surface area contributed by atoms with Crippen molar-refractivity contribution in [2.75, 3.05) is 19.4 Å². The van der Waals surface area contributed by atoms with Crippen molar-refractivity contribution in [2.45, 2.75) is 6.54 Å². The molecular weight excluding hydrogens is 350 g/mol. The smallest absolute Gasteiger partial charge is 0.227 e. The van der Waals surface area contributed by atoms with E-state index in [4.69, 9.17) is 27.4 Å². The first kappa shape index (κ1) is 19.4. The number of nitrogens with two attached hydrogens (primary N) is 4. The lowest BCUT2D eigenvalue weighted by Gasteiger charge is -2.16. The van der Waals surface area contributed by atoms with E-state index in [-0.39, 0.29) is 23.8 Å². The second-order valence-electron chi connectivity index (χ2n) is 5.38. The predicted octanol–water partition coefficient (Wildman–Crippen LogP) is -0.328. The van der Waals surface area contributed by atoms with Crippen LogP contribution in [0.2, 0.25) is 0 Å². The molecule has 0 saturated heterocycles. The number of H-pyrrole nitrogens is 1. The van der Waals surface area contributed by atoms with Crippen LogP contribution >= 0.6 is 0 Å². The SMILES string of the molecule is CN=C(N=C(N)N)Nc1cc(CN(C)C(N)=NC(N)=Nc2ccc[nH]2)co1. The van der Waals surface area contributed by atoms with E-state index in [9.17, 15) is 0 Å². The minimum absolute atomic E-state index is 0.0392. The zero-order chi connectivity index (χ0) is 19.8. The lowest BCUT2D eigenvalue weighted by molar-refractivity contribution is 0.488. The minimum atomic E-state index is -0.114. The van der Waals surface area contributed by atoms with Gasteiger partial charge in [0.1, 0.15) is 5.82 Å². The van der Waals surface area contributed by atoms with Gasteiger partial charge in [-0.05, 0) is 12.1 Å². The van der Waals surface area contributed by atoms with Gasteiger partial charge < -0.3 is 37.2 Å². The Labute approximate surface area is 155 Å². The molecular formula is C15H23N11O. The average molecular weight is 373 g/mol. The third-order valence-corrected chi connectivity index (χ3v) is 3.19. The van der Waals surface area contributed by atoms with E-state index >= 15 is 0 Å². The molecule has 0 fully saturated rings. The summed E-state index contributed by atoms with van der Waals surface area (Å²) in [7, 11) is 3.31. The van der Waals surface area contributed by atoms with Crippen molar-refractivity contribution in [1.29, 1.82) is 0 Å². The standard InChI is InChI=1S/C15H23N11O/c1-20-15(24-12(16)17)23-11-6-9(8-27-11)7-26(2)14(19)25-13(18)22-10-4-3-5-21-10/h3-6,8,21H,7H2,1-2H3,(H4,18,19,22,25)(H5,16,17,20,23,24). The number of aromatic amines is 1. The first-order chi connectivity index (χ1) is 12.9. The van der Waals surface area contributed by atoms with Crippen LogP contribution in [0, 0.1) is 0 Å². The quantitative estimate of drug-likeness (QED) is 0.311. The second-order valence-corrected chi connectivity index (χ2v) is 5.38. The highest BCUT2D eigenvalue weighted by atomic mass is 16.3. The van der Waals surface area contributed by atoms with Crippen molar-refractivity contribution in [2.24, 2.45) is 42.9 Å². The van der Waals surface area contributed by atoms with E-state index in [2.05, 4.69) is 30.3 Å². The molecule has 12 heteroatoms. The number of rotatable bonds is 4. The molecule has 10 N–H and O–H groups in total. The summed E-state index contributed by atoms with van der Waals surface area (Å²) in [5.41, 5.74) is 23.2. The van der Waals surface area contributed by atoms with Crippen molar-refractivity contribution in [1.82, 2.24) is 9.88 Å². The van der Waals surface area contributed by atoms with Gasteiger partial charge in [-0.1, -0.05) is 0 Å². The van der Waals surface area contributed by atoms with E-state index in [0.717, 1.165) is 5.56 Å². The Morgan fingerprint density at radius 3 is 2.67 bits per heavy atom. The molecule has 0 unspecified atom stereocenters. The molecule has 0 aliphatic rings. The van der Waals surface area contributed by atoms with Crippen LogP contribution in [0.15, 0.2) is 55.0 Å². The van der Waals surface area contributed by atoms with E-state index in [1.807, 2.05) is 0 Å². The molecule has 2 aromatic heterocycles. The number of aromatic nitrogens is 1. The summed E-state index contributed by atoms with van der Waals surface area (Å²) in [5.74, 6) is 1.36. The molecule has 27 heavy (non-hydrogen) atoms. The number of nitrogens with zero attached hydrogens (tertiary/aromatic N) is 5. The van der Waals surface area contributed by atoms with E-state index in [1.54, 1.807) is 49.7 Å². The Balaban J connectivity index is 1.99. The predicted molar refractivity (Wildman–Crippen MR) is 107 cm³/mol. The van der Waals surface area contributed by atoms with E-state index in [1.165, 1.54) is 0 Å². The van der Waals surface area contributed by atoms with E-state index in [0.29, 0.717) is 18.2 Å². The molecule has 0 aliphatic carbocycles. The summed E-state index contributed by atoms with van der Waals surface area (Å²) in [6.07, 6.45) is 3.29. The highest BCUT2D eigenvalue weighted by Gasteiger charge is 2.09. The maximum absolute atomic E-state index is 5.95. The third kappa shape index (κ3) is 6.12. The van der Waals surface area contributed by atoms with Crippen LogP contribution in [0.25, 0.3) is 0 Å². The highest BCUT2D eigenvalue weighted by Crippen LogP contribution is 2.15. The van der Waals surface area contributed by atoms with Gasteiger partial charge >= 0.3 is 0 Å². The molecule has 0 aliphatic heterocycles. The summed E-state index contributed by atoms with van der Waals surface area (Å²) in [5, 5.41) is 2.85. The molecule has 2 aromatic rings. The molecule has 144 valence electrons. The van der Waals surface area contributed by atoms with Gasteiger partial charge in [0.25, 0.3) is 0 Å². The average Bonchev–Trinajstić information content (AvgIpc) is 3.25. The van der Waals surface area contributed by atoms with Gasteiger partial charge in [0.05, 0.1) is 6.26 Å². The van der Waals surface area contributed by atoms with Crippen LogP contribution in [0.1, 0.15) is 5.56 Å². The molecule has 0 spiro atoms. The topological polar surface area (TPSA) is 198 Å². The van der Waals surface area contributed by atoms with Crippen LogP contribution < -0.4 is 28.3 Å². The fourth-order valence-corrected chi connectivity index (χ4v) is 1.99. The van der Waals surface area contributed by atoms with Crippen molar-refractivity contribution in [3.05, 3.63) is 36.2 Å². The molecule has 0 saturated carbocycles. The molecule has 0 radical (unpaired) electrons. The summed E-state index contributed by atoms with van der Waals surface area (Å²) >= 11 is 0. The van der Waals surface area contributed by atoms with Crippen LogP contribution in [-0.4, -0.2) is 47.8 Å². The lowest BCUT2D eigenvalue weighted by Crippen LogP contribution is -2.35. The summed E-state index contributed by atoms with van der Waals surface area (Å²) in [4.78, 5) is 20.5. The summed E-state index contributed by atoms with van der Waals surface area (Å²) in [6, 6.07) is 5.32. The Morgan fingerprint density at radius 2 is 2.04 bits per heavy atom. The first-order valence-electron chi connectivity index (χ1n) is 7.81. The lowest BCUT2D eigenvalue weighted by atomic mass is 10.3. The number of nitrogens with one attached hydrogen (secondary N) is 2. The molecule has 2 heterocycles. The fraction of sp³-hybridized carbons (Fsp3) is 0.200. The Bertz CT molecular complexity index is 856. The molecule has 0 amide bonds. The number of aliphatic imine (C=N–C) groups is 4. The largest absolute Gasteiger partial charge is 0.448 e. The van der Waals surface area contributed by atoms with Gasteiger partial charge in [-0.25, -0.2) is 0 Å². The maximum atomic E-state index is 5.95. The number of furan rings is 1. The molecule has 0 atom stereocenters. The normalized spacial score (nSPS) is 12.7. The van der Waals surface area contributed by atoms with Crippen LogP contribution in [0.3, 0.4) is 0 Å². The van der Waals surface area contributed by atoms with Crippen molar-refractivity contribution in [3.63, 3.8) is 0 Å². The number of hydrogen-bond acceptors (Lipinski definition) is 3. The highest BCUT2D eigenvalue weighted by molar-refractivity contribution is 6.00.